The second-order valence-electron chi connectivity index (χ2n) is 3.95. The van der Waals surface area contributed by atoms with E-state index in [1.54, 1.807) is 12.1 Å². The van der Waals surface area contributed by atoms with Crippen LogP contribution in [0.15, 0.2) is 45.5 Å². The van der Waals surface area contributed by atoms with Crippen LogP contribution in [0.25, 0.3) is 23.0 Å². The Bertz CT molecular complexity index is 759. The van der Waals surface area contributed by atoms with Crippen molar-refractivity contribution in [3.05, 3.63) is 46.8 Å². The summed E-state index contributed by atoms with van der Waals surface area (Å²) in [5.41, 5.74) is 0.981. The standard InChI is InChI=1S/C13H7BrFN3O2/c14-9-3-1-7(5-11(9)19)13-17-12(18-20-13)10-4-2-8(15)6-16-10/h1-6,19H. The van der Waals surface area contributed by atoms with Crippen molar-refractivity contribution >= 4 is 15.9 Å². The average Bonchev–Trinajstić information content (AvgIpc) is 2.92. The zero-order valence-corrected chi connectivity index (χ0v) is 11.5. The molecule has 0 aliphatic heterocycles. The first-order valence-electron chi connectivity index (χ1n) is 5.58. The van der Waals surface area contributed by atoms with E-state index in [2.05, 4.69) is 31.1 Å². The third-order valence-electron chi connectivity index (χ3n) is 2.58. The molecule has 7 heteroatoms. The van der Waals surface area contributed by atoms with E-state index in [1.807, 2.05) is 0 Å². The third kappa shape index (κ3) is 2.39. The van der Waals surface area contributed by atoms with E-state index in [1.165, 1.54) is 18.2 Å². The number of pyridine rings is 1. The molecular formula is C13H7BrFN3O2. The minimum atomic E-state index is -0.435. The fraction of sp³-hybridized carbons (Fsp3) is 0. The molecule has 2 heterocycles. The Morgan fingerprint density at radius 1 is 1.20 bits per heavy atom. The van der Waals surface area contributed by atoms with Gasteiger partial charge in [-0.3, -0.25) is 0 Å². The van der Waals surface area contributed by atoms with Gasteiger partial charge in [-0.05, 0) is 46.3 Å². The van der Waals surface area contributed by atoms with Crippen LogP contribution in [0.3, 0.4) is 0 Å². The maximum Gasteiger partial charge on any atom is 0.258 e. The van der Waals surface area contributed by atoms with Crippen LogP contribution in [0.5, 0.6) is 5.75 Å². The van der Waals surface area contributed by atoms with Gasteiger partial charge in [0.05, 0.1) is 10.7 Å². The first-order valence-corrected chi connectivity index (χ1v) is 6.37. The summed E-state index contributed by atoms with van der Waals surface area (Å²) in [5.74, 6) is 0.133. The average molecular weight is 336 g/mol. The molecule has 0 radical (unpaired) electrons. The van der Waals surface area contributed by atoms with Gasteiger partial charge in [-0.25, -0.2) is 9.37 Å². The molecule has 0 saturated heterocycles. The SMILES string of the molecule is Oc1cc(-c2nc(-c3ccc(F)cn3)no2)ccc1Br. The Labute approximate surface area is 121 Å². The normalized spacial score (nSPS) is 10.7. The Kier molecular flexibility index (Phi) is 3.19. The lowest BCUT2D eigenvalue weighted by molar-refractivity contribution is 0.431. The van der Waals surface area contributed by atoms with Gasteiger partial charge < -0.3 is 9.63 Å². The van der Waals surface area contributed by atoms with Crippen LogP contribution in [0.1, 0.15) is 0 Å². The topological polar surface area (TPSA) is 72.0 Å². The van der Waals surface area contributed by atoms with Crippen molar-refractivity contribution in [2.24, 2.45) is 0 Å². The third-order valence-corrected chi connectivity index (χ3v) is 3.25. The molecule has 0 spiro atoms. The fourth-order valence-electron chi connectivity index (χ4n) is 1.60. The summed E-state index contributed by atoms with van der Waals surface area (Å²) in [5, 5.41) is 13.4. The molecule has 20 heavy (non-hydrogen) atoms. The molecule has 3 aromatic rings. The van der Waals surface area contributed by atoms with Gasteiger partial charge in [-0.15, -0.1) is 0 Å². The highest BCUT2D eigenvalue weighted by Gasteiger charge is 2.12. The Morgan fingerprint density at radius 2 is 2.05 bits per heavy atom. The number of benzene rings is 1. The lowest BCUT2D eigenvalue weighted by Crippen LogP contribution is -1.86. The minimum Gasteiger partial charge on any atom is -0.507 e. The first kappa shape index (κ1) is 12.7. The molecule has 0 unspecified atom stereocenters. The summed E-state index contributed by atoms with van der Waals surface area (Å²) in [7, 11) is 0. The molecule has 0 amide bonds. The monoisotopic (exact) mass is 335 g/mol. The quantitative estimate of drug-likeness (QED) is 0.776. The molecule has 0 aliphatic carbocycles. The number of phenols is 1. The zero-order chi connectivity index (χ0) is 14.1. The van der Waals surface area contributed by atoms with Crippen LogP contribution in [0, 0.1) is 5.82 Å². The number of rotatable bonds is 2. The largest absolute Gasteiger partial charge is 0.507 e. The number of aromatic nitrogens is 3. The summed E-state index contributed by atoms with van der Waals surface area (Å²) in [6, 6.07) is 7.62. The van der Waals surface area contributed by atoms with E-state index < -0.39 is 5.82 Å². The van der Waals surface area contributed by atoms with Crippen LogP contribution in [0.4, 0.5) is 4.39 Å². The maximum atomic E-state index is 12.8. The highest BCUT2D eigenvalue weighted by atomic mass is 79.9. The molecule has 1 aromatic carbocycles. The summed E-state index contributed by atoms with van der Waals surface area (Å²) in [6.45, 7) is 0. The molecule has 3 rings (SSSR count). The van der Waals surface area contributed by atoms with E-state index in [0.29, 0.717) is 15.7 Å². The van der Waals surface area contributed by atoms with E-state index >= 15 is 0 Å². The van der Waals surface area contributed by atoms with Crippen molar-refractivity contribution in [1.82, 2.24) is 15.1 Å². The van der Waals surface area contributed by atoms with E-state index in [4.69, 9.17) is 4.52 Å². The van der Waals surface area contributed by atoms with Crippen molar-refractivity contribution in [3.8, 4) is 28.7 Å². The van der Waals surface area contributed by atoms with Gasteiger partial charge >= 0.3 is 0 Å². The van der Waals surface area contributed by atoms with Crippen LogP contribution < -0.4 is 0 Å². The Hall–Kier alpha value is -2.28. The Balaban J connectivity index is 1.97. The predicted octanol–water partition coefficient (Wildman–Crippen LogP) is 3.41. The Morgan fingerprint density at radius 3 is 2.75 bits per heavy atom. The van der Waals surface area contributed by atoms with E-state index in [0.717, 1.165) is 6.20 Å². The number of aromatic hydroxyl groups is 1. The van der Waals surface area contributed by atoms with Gasteiger partial charge in [0.25, 0.3) is 5.89 Å². The molecule has 2 aromatic heterocycles. The number of halogens is 2. The number of nitrogens with zero attached hydrogens (tertiary/aromatic N) is 3. The lowest BCUT2D eigenvalue weighted by atomic mass is 10.2. The van der Waals surface area contributed by atoms with Crippen molar-refractivity contribution in [1.29, 1.82) is 0 Å². The summed E-state index contributed by atoms with van der Waals surface area (Å²) >= 11 is 3.19. The van der Waals surface area contributed by atoms with Gasteiger partial charge in [0.1, 0.15) is 17.3 Å². The van der Waals surface area contributed by atoms with Crippen LogP contribution in [0.2, 0.25) is 0 Å². The van der Waals surface area contributed by atoms with E-state index in [9.17, 15) is 9.50 Å². The smallest absolute Gasteiger partial charge is 0.258 e. The second kappa shape index (κ2) is 5.01. The van der Waals surface area contributed by atoms with Crippen molar-refractivity contribution < 1.29 is 14.0 Å². The van der Waals surface area contributed by atoms with Gasteiger partial charge in [-0.2, -0.15) is 4.98 Å². The maximum absolute atomic E-state index is 12.8. The van der Waals surface area contributed by atoms with Crippen LogP contribution >= 0.6 is 15.9 Å². The van der Waals surface area contributed by atoms with Crippen molar-refractivity contribution in [2.45, 2.75) is 0 Å². The van der Waals surface area contributed by atoms with Gasteiger partial charge in [0.15, 0.2) is 0 Å². The molecule has 5 nitrogen and oxygen atoms in total. The first-order chi connectivity index (χ1) is 9.63. The number of hydrogen-bond donors (Lipinski definition) is 1. The van der Waals surface area contributed by atoms with Crippen molar-refractivity contribution in [2.75, 3.05) is 0 Å². The summed E-state index contributed by atoms with van der Waals surface area (Å²) < 4.78 is 18.5. The van der Waals surface area contributed by atoms with Crippen LogP contribution in [-0.2, 0) is 0 Å². The number of phenolic OH excluding ortho intramolecular Hbond substituents is 1. The highest BCUT2D eigenvalue weighted by molar-refractivity contribution is 9.10. The lowest BCUT2D eigenvalue weighted by Gasteiger charge is -1.98. The zero-order valence-electron chi connectivity index (χ0n) is 9.92. The van der Waals surface area contributed by atoms with Gasteiger partial charge in [-0.1, -0.05) is 5.16 Å². The molecule has 0 fully saturated rings. The van der Waals surface area contributed by atoms with Crippen LogP contribution in [-0.4, -0.2) is 20.2 Å². The summed E-state index contributed by atoms with van der Waals surface area (Å²) in [6.07, 6.45) is 1.08. The van der Waals surface area contributed by atoms with Gasteiger partial charge in [0.2, 0.25) is 5.82 Å². The highest BCUT2D eigenvalue weighted by Crippen LogP contribution is 2.29. The number of hydrogen-bond acceptors (Lipinski definition) is 5. The molecule has 100 valence electrons. The van der Waals surface area contributed by atoms with Gasteiger partial charge in [0, 0.05) is 5.56 Å². The summed E-state index contributed by atoms with van der Waals surface area (Å²) in [4.78, 5) is 8.03. The predicted molar refractivity (Wildman–Crippen MR) is 72.3 cm³/mol. The van der Waals surface area contributed by atoms with Crippen molar-refractivity contribution in [3.63, 3.8) is 0 Å². The molecule has 0 atom stereocenters. The fourth-order valence-corrected chi connectivity index (χ4v) is 1.85. The molecule has 0 aliphatic rings. The molecule has 0 saturated carbocycles. The van der Waals surface area contributed by atoms with E-state index in [-0.39, 0.29) is 17.5 Å². The second-order valence-corrected chi connectivity index (χ2v) is 4.81. The molecule has 0 bridgehead atoms. The molecule has 1 N–H and O–H groups in total. The minimum absolute atomic E-state index is 0.0714. The molecular weight excluding hydrogens is 329 g/mol.